The monoisotopic (exact) mass is 371 g/mol. The van der Waals surface area contributed by atoms with Crippen molar-refractivity contribution in [2.24, 2.45) is 0 Å². The van der Waals surface area contributed by atoms with Crippen LogP contribution in [0.2, 0.25) is 0 Å². The minimum atomic E-state index is -0.769. The van der Waals surface area contributed by atoms with E-state index < -0.39 is 29.3 Å². The lowest BCUT2D eigenvalue weighted by Crippen LogP contribution is -2.32. The van der Waals surface area contributed by atoms with E-state index in [-0.39, 0.29) is 12.2 Å². The highest BCUT2D eigenvalue weighted by Gasteiger charge is 2.12. The molecule has 0 heterocycles. The van der Waals surface area contributed by atoms with Crippen LogP contribution in [-0.2, 0) is 14.3 Å². The van der Waals surface area contributed by atoms with Crippen LogP contribution >= 0.6 is 0 Å². The van der Waals surface area contributed by atoms with Crippen LogP contribution in [0, 0.1) is 17.0 Å². The normalized spacial score (nSPS) is 9.96. The van der Waals surface area contributed by atoms with Gasteiger partial charge in [-0.05, 0) is 31.2 Å². The summed E-state index contributed by atoms with van der Waals surface area (Å²) in [6.45, 7) is 0.919. The maximum atomic E-state index is 11.9. The summed E-state index contributed by atoms with van der Waals surface area (Å²) in [5.41, 5.74) is 1.55. The molecule has 2 rings (SSSR count). The van der Waals surface area contributed by atoms with Crippen LogP contribution in [0.1, 0.15) is 15.9 Å². The molecule has 0 bridgehead atoms. The molecule has 0 radical (unpaired) electrons. The molecule has 0 fully saturated rings. The summed E-state index contributed by atoms with van der Waals surface area (Å²) in [5.74, 6) is -1.80. The quantitative estimate of drug-likeness (QED) is 0.434. The highest BCUT2D eigenvalue weighted by atomic mass is 16.6. The van der Waals surface area contributed by atoms with Crippen molar-refractivity contribution in [1.82, 2.24) is 5.32 Å². The summed E-state index contributed by atoms with van der Waals surface area (Å²) in [7, 11) is 0. The molecule has 9 nitrogen and oxygen atoms in total. The van der Waals surface area contributed by atoms with Gasteiger partial charge in [-0.1, -0.05) is 17.7 Å². The summed E-state index contributed by atoms with van der Waals surface area (Å²) < 4.78 is 4.77. The molecule has 140 valence electrons. The first kappa shape index (κ1) is 19.6. The van der Waals surface area contributed by atoms with Crippen molar-refractivity contribution in [2.45, 2.75) is 6.92 Å². The van der Waals surface area contributed by atoms with Crippen LogP contribution in [0.15, 0.2) is 48.5 Å². The van der Waals surface area contributed by atoms with E-state index in [4.69, 9.17) is 4.74 Å². The van der Waals surface area contributed by atoms with E-state index in [9.17, 15) is 24.5 Å². The van der Waals surface area contributed by atoms with E-state index in [0.29, 0.717) is 11.3 Å². The van der Waals surface area contributed by atoms with E-state index in [0.717, 1.165) is 5.56 Å². The molecule has 0 saturated heterocycles. The second kappa shape index (κ2) is 9.09. The Kier molecular flexibility index (Phi) is 6.59. The molecular formula is C18H17N3O6. The first-order valence-electron chi connectivity index (χ1n) is 7.90. The van der Waals surface area contributed by atoms with Crippen molar-refractivity contribution in [1.29, 1.82) is 0 Å². The van der Waals surface area contributed by atoms with Crippen molar-refractivity contribution in [2.75, 3.05) is 18.5 Å². The Morgan fingerprint density at radius 3 is 2.44 bits per heavy atom. The maximum Gasteiger partial charge on any atom is 0.325 e. The summed E-state index contributed by atoms with van der Waals surface area (Å²) in [5, 5.41) is 15.4. The molecule has 0 aliphatic rings. The lowest BCUT2D eigenvalue weighted by atomic mass is 10.1. The number of esters is 1. The molecule has 2 aromatic carbocycles. The van der Waals surface area contributed by atoms with Crippen LogP contribution in [-0.4, -0.2) is 35.9 Å². The van der Waals surface area contributed by atoms with E-state index in [2.05, 4.69) is 10.6 Å². The van der Waals surface area contributed by atoms with Crippen molar-refractivity contribution in [3.05, 3.63) is 69.8 Å². The number of hydrogen-bond donors (Lipinski definition) is 2. The third-order valence-electron chi connectivity index (χ3n) is 3.40. The number of nitro benzene ring substituents is 1. The summed E-state index contributed by atoms with van der Waals surface area (Å²) in [6, 6.07) is 12.1. The molecule has 0 atom stereocenters. The van der Waals surface area contributed by atoms with E-state index in [1.54, 1.807) is 18.2 Å². The first-order chi connectivity index (χ1) is 12.8. The minimum Gasteiger partial charge on any atom is -0.454 e. The first-order valence-corrected chi connectivity index (χ1v) is 7.90. The molecule has 0 unspecified atom stereocenters. The molecule has 0 aliphatic carbocycles. The number of anilines is 1. The van der Waals surface area contributed by atoms with Crippen LogP contribution in [0.5, 0.6) is 0 Å². The Balaban J connectivity index is 1.73. The SMILES string of the molecule is Cc1cccc(C(=O)NCC(=O)OCC(=O)Nc2ccc([N+](=O)[O-])cc2)c1. The number of benzene rings is 2. The lowest BCUT2D eigenvalue weighted by Gasteiger charge is -2.08. The van der Waals surface area contributed by atoms with Crippen molar-refractivity contribution < 1.29 is 24.0 Å². The van der Waals surface area contributed by atoms with Gasteiger partial charge in [0, 0.05) is 23.4 Å². The predicted molar refractivity (Wildman–Crippen MR) is 96.2 cm³/mol. The Morgan fingerprint density at radius 2 is 1.81 bits per heavy atom. The summed E-state index contributed by atoms with van der Waals surface area (Å²) in [6.07, 6.45) is 0. The largest absolute Gasteiger partial charge is 0.454 e. The van der Waals surface area contributed by atoms with Crippen molar-refractivity contribution >= 4 is 29.2 Å². The molecule has 0 aromatic heterocycles. The fourth-order valence-electron chi connectivity index (χ4n) is 2.10. The Hall–Kier alpha value is -3.75. The van der Waals surface area contributed by atoms with Gasteiger partial charge >= 0.3 is 5.97 Å². The van der Waals surface area contributed by atoms with Gasteiger partial charge in [0.2, 0.25) is 0 Å². The molecule has 2 aromatic rings. The molecule has 9 heteroatoms. The second-order valence-electron chi connectivity index (χ2n) is 5.57. The fraction of sp³-hybridized carbons (Fsp3) is 0.167. The highest BCUT2D eigenvalue weighted by molar-refractivity contribution is 5.96. The standard InChI is InChI=1S/C18H17N3O6/c1-12-3-2-4-13(9-12)18(24)19-10-17(23)27-11-16(22)20-14-5-7-15(8-6-14)21(25)26/h2-9H,10-11H2,1H3,(H,19,24)(H,20,22). The average molecular weight is 371 g/mol. The second-order valence-corrected chi connectivity index (χ2v) is 5.57. The van der Waals surface area contributed by atoms with Crippen LogP contribution in [0.3, 0.4) is 0 Å². The third-order valence-corrected chi connectivity index (χ3v) is 3.40. The van der Waals surface area contributed by atoms with Gasteiger partial charge in [-0.3, -0.25) is 24.5 Å². The number of aryl methyl sites for hydroxylation is 1. The number of rotatable bonds is 7. The Morgan fingerprint density at radius 1 is 1.11 bits per heavy atom. The smallest absolute Gasteiger partial charge is 0.325 e. The van der Waals surface area contributed by atoms with Crippen molar-refractivity contribution in [3.8, 4) is 0 Å². The van der Waals surface area contributed by atoms with E-state index >= 15 is 0 Å². The zero-order chi connectivity index (χ0) is 19.8. The molecule has 0 spiro atoms. The van der Waals surface area contributed by atoms with E-state index in [1.165, 1.54) is 24.3 Å². The fourth-order valence-corrected chi connectivity index (χ4v) is 2.10. The number of nitro groups is 1. The highest BCUT2D eigenvalue weighted by Crippen LogP contribution is 2.15. The average Bonchev–Trinajstić information content (AvgIpc) is 2.64. The van der Waals surface area contributed by atoms with Crippen molar-refractivity contribution in [3.63, 3.8) is 0 Å². The minimum absolute atomic E-state index is 0.108. The number of nitrogens with zero attached hydrogens (tertiary/aromatic N) is 1. The van der Waals surface area contributed by atoms with Gasteiger partial charge in [-0.25, -0.2) is 0 Å². The number of non-ortho nitro benzene ring substituents is 1. The van der Waals surface area contributed by atoms with Crippen LogP contribution < -0.4 is 10.6 Å². The molecule has 0 aliphatic heterocycles. The molecule has 2 N–H and O–H groups in total. The van der Waals surface area contributed by atoms with Gasteiger partial charge in [0.25, 0.3) is 17.5 Å². The molecule has 2 amide bonds. The predicted octanol–water partition coefficient (Wildman–Crippen LogP) is 1.81. The number of nitrogens with one attached hydrogen (secondary N) is 2. The summed E-state index contributed by atoms with van der Waals surface area (Å²) >= 11 is 0. The van der Waals surface area contributed by atoms with Gasteiger partial charge in [0.1, 0.15) is 6.54 Å². The number of amides is 2. The van der Waals surface area contributed by atoms with Gasteiger partial charge in [-0.15, -0.1) is 0 Å². The zero-order valence-corrected chi connectivity index (χ0v) is 14.4. The molecule has 27 heavy (non-hydrogen) atoms. The van der Waals surface area contributed by atoms with Gasteiger partial charge in [0.05, 0.1) is 4.92 Å². The number of carbonyl (C=O) groups excluding carboxylic acids is 3. The number of carbonyl (C=O) groups is 3. The Bertz CT molecular complexity index is 864. The van der Waals surface area contributed by atoms with Gasteiger partial charge < -0.3 is 15.4 Å². The van der Waals surface area contributed by atoms with Gasteiger partial charge in [0.15, 0.2) is 6.61 Å². The maximum absolute atomic E-state index is 11.9. The molecular weight excluding hydrogens is 354 g/mol. The topological polar surface area (TPSA) is 128 Å². The number of ether oxygens (including phenoxy) is 1. The van der Waals surface area contributed by atoms with Crippen LogP contribution in [0.25, 0.3) is 0 Å². The van der Waals surface area contributed by atoms with E-state index in [1.807, 2.05) is 13.0 Å². The Labute approximate surface area is 154 Å². The number of hydrogen-bond acceptors (Lipinski definition) is 6. The summed E-state index contributed by atoms with van der Waals surface area (Å²) in [4.78, 5) is 45.3. The van der Waals surface area contributed by atoms with Gasteiger partial charge in [-0.2, -0.15) is 0 Å². The lowest BCUT2D eigenvalue weighted by molar-refractivity contribution is -0.384. The zero-order valence-electron chi connectivity index (χ0n) is 14.4. The third kappa shape index (κ3) is 6.24. The molecule has 0 saturated carbocycles. The van der Waals surface area contributed by atoms with Crippen LogP contribution in [0.4, 0.5) is 11.4 Å².